The predicted octanol–water partition coefficient (Wildman–Crippen LogP) is -2.73. The van der Waals surface area contributed by atoms with Gasteiger partial charge in [0.15, 0.2) is 5.75 Å². The Morgan fingerprint density at radius 2 is 1.27 bits per heavy atom. The molecule has 67 heavy (non-hydrogen) atoms. The number of Topliss-reactive ketones (excluding diaryl/α,β-unsaturated/α-hetero) is 1. The zero-order valence-corrected chi connectivity index (χ0v) is 37.6. The lowest BCUT2D eigenvalue weighted by Gasteiger charge is -2.36. The number of aromatic hydroxyl groups is 1. The molecule has 2 heterocycles. The number of methoxy groups -OCH3 is 2. The van der Waals surface area contributed by atoms with Crippen molar-refractivity contribution in [3.8, 4) is 17.6 Å². The number of carbonyl (C=O) groups excluding carboxylic acids is 5. The molecule has 0 radical (unpaired) electrons. The number of carboxylic acid groups (broad SMARTS) is 4. The van der Waals surface area contributed by atoms with Crippen molar-refractivity contribution >= 4 is 76.8 Å². The summed E-state index contributed by atoms with van der Waals surface area (Å²) in [5, 5.41) is 54.1. The van der Waals surface area contributed by atoms with E-state index in [0.717, 1.165) is 35.8 Å². The number of nitrogens with two attached hydrogens (primary N) is 2. The summed E-state index contributed by atoms with van der Waals surface area (Å²) in [6.45, 7) is -1.68. The van der Waals surface area contributed by atoms with E-state index < -0.39 is 137 Å². The van der Waals surface area contributed by atoms with Crippen LogP contribution in [0.25, 0.3) is 0 Å². The fourth-order valence-corrected chi connectivity index (χ4v) is 9.37. The van der Waals surface area contributed by atoms with E-state index in [-0.39, 0.29) is 60.6 Å². The minimum absolute atomic E-state index is 0.000280. The molecule has 8 unspecified atom stereocenters. The molecule has 1 aliphatic rings. The van der Waals surface area contributed by atoms with E-state index >= 15 is 4.79 Å². The van der Waals surface area contributed by atoms with Gasteiger partial charge in [-0.05, 0) is 25.7 Å². The Balaban J connectivity index is 2.08. The molecular formula is C38H52N10O17S2. The quantitative estimate of drug-likeness (QED) is 0.0412. The van der Waals surface area contributed by atoms with Crippen LogP contribution >= 0.6 is 23.5 Å². The zero-order chi connectivity index (χ0) is 50.0. The van der Waals surface area contributed by atoms with E-state index in [1.807, 2.05) is 0 Å². The first kappa shape index (κ1) is 54.7. The van der Waals surface area contributed by atoms with E-state index in [2.05, 4.69) is 41.2 Å². The highest BCUT2D eigenvalue weighted by molar-refractivity contribution is 7.99. The minimum Gasteiger partial charge on any atom is -0.502 e. The first-order valence-electron chi connectivity index (χ1n) is 20.2. The number of H-pyrrole nitrogens is 1. The van der Waals surface area contributed by atoms with Crippen LogP contribution in [0.2, 0.25) is 0 Å². The summed E-state index contributed by atoms with van der Waals surface area (Å²) in [6, 6.07) is -4.94. The standard InChI is InChI=1S/C38H52N10O17S2/c1-64-35-23(49)11-41-32(48-35)31(67-15-22(34(59)43-13-28(55)56)45-25(51)9-7-19(40)37(62)63)17-5-3-4-16(29(17)57)30(20-10-26(52)47-38(46-20)65-2)66-14-21(33(58)42-12-27(53)54)44-24(50)8-6-18(39)36(60)61/h10-11,16-19,21-22,30-31,49H,3-9,12-15,39-40H2,1-2H3,(H,42,58)(H,43,59)(H,44,50)(H,45,51)(H,53,54)(H,55,56)(H,60,61)(H,62,63)(H,46,47,52). The molecule has 3 rings (SSSR count). The Kier molecular flexibility index (Phi) is 21.7. The molecule has 29 heteroatoms. The summed E-state index contributed by atoms with van der Waals surface area (Å²) in [6.07, 6.45) is 0.147. The van der Waals surface area contributed by atoms with Gasteiger partial charge in [-0.3, -0.25) is 52.9 Å². The van der Waals surface area contributed by atoms with Crippen molar-refractivity contribution in [1.29, 1.82) is 0 Å². The van der Waals surface area contributed by atoms with Crippen molar-refractivity contribution in [3.63, 3.8) is 0 Å². The highest BCUT2D eigenvalue weighted by Gasteiger charge is 2.44. The van der Waals surface area contributed by atoms with E-state index in [1.165, 1.54) is 14.2 Å². The summed E-state index contributed by atoms with van der Waals surface area (Å²) < 4.78 is 10.4. The summed E-state index contributed by atoms with van der Waals surface area (Å²) in [5.74, 6) is -13.2. The van der Waals surface area contributed by atoms with Crippen LogP contribution in [-0.2, 0) is 43.2 Å². The number of hydrogen-bond donors (Lipinski definition) is 12. The Morgan fingerprint density at radius 3 is 1.73 bits per heavy atom. The predicted molar refractivity (Wildman–Crippen MR) is 233 cm³/mol. The molecule has 14 N–H and O–H groups in total. The van der Waals surface area contributed by atoms with Crippen molar-refractivity contribution in [2.75, 3.05) is 38.8 Å². The van der Waals surface area contributed by atoms with Crippen LogP contribution in [0.3, 0.4) is 0 Å². The molecule has 27 nitrogen and oxygen atoms in total. The lowest BCUT2D eigenvalue weighted by atomic mass is 9.76. The number of rotatable bonds is 28. The van der Waals surface area contributed by atoms with Gasteiger partial charge in [0.05, 0.1) is 36.6 Å². The number of ether oxygens (including phenoxy) is 2. The first-order valence-corrected chi connectivity index (χ1v) is 22.3. The average Bonchev–Trinajstić information content (AvgIpc) is 3.28. The Hall–Kier alpha value is -6.59. The monoisotopic (exact) mass is 984 g/mol. The molecule has 4 amide bonds. The number of amides is 4. The number of ketones is 1. The summed E-state index contributed by atoms with van der Waals surface area (Å²) in [4.78, 5) is 141. The zero-order valence-electron chi connectivity index (χ0n) is 36.0. The maximum absolute atomic E-state index is 15.0. The molecule has 0 bridgehead atoms. The van der Waals surface area contributed by atoms with Gasteiger partial charge in [-0.15, -0.1) is 23.5 Å². The normalized spacial score (nSPS) is 17.3. The summed E-state index contributed by atoms with van der Waals surface area (Å²) >= 11 is 1.80. The van der Waals surface area contributed by atoms with E-state index in [4.69, 9.17) is 31.2 Å². The van der Waals surface area contributed by atoms with Crippen molar-refractivity contribution in [2.45, 2.75) is 79.6 Å². The molecule has 0 spiro atoms. The van der Waals surface area contributed by atoms with E-state index in [9.17, 15) is 58.5 Å². The molecule has 1 aliphatic carbocycles. The van der Waals surface area contributed by atoms with Crippen molar-refractivity contribution < 1.29 is 78.2 Å². The molecule has 2 aromatic rings. The van der Waals surface area contributed by atoms with Crippen molar-refractivity contribution in [1.82, 2.24) is 41.2 Å². The van der Waals surface area contributed by atoms with Crippen LogP contribution in [0.5, 0.6) is 17.6 Å². The van der Waals surface area contributed by atoms with Gasteiger partial charge in [0.1, 0.15) is 48.9 Å². The van der Waals surface area contributed by atoms with Crippen LogP contribution < -0.4 is 47.8 Å². The fourth-order valence-electron chi connectivity index (χ4n) is 6.54. The summed E-state index contributed by atoms with van der Waals surface area (Å²) in [5.41, 5.74) is 10.4. The van der Waals surface area contributed by atoms with Crippen LogP contribution in [-0.4, -0.2) is 162 Å². The molecule has 0 aromatic carbocycles. The van der Waals surface area contributed by atoms with Gasteiger partial charge in [-0.1, -0.05) is 6.42 Å². The Bertz CT molecular complexity index is 2200. The second kappa shape index (κ2) is 26.5. The first-order chi connectivity index (χ1) is 31.6. The lowest BCUT2D eigenvalue weighted by Crippen LogP contribution is -2.50. The van der Waals surface area contributed by atoms with Crippen LogP contribution in [0.4, 0.5) is 0 Å². The number of carbonyl (C=O) groups is 9. The summed E-state index contributed by atoms with van der Waals surface area (Å²) in [7, 11) is 2.43. The lowest BCUT2D eigenvalue weighted by molar-refractivity contribution is -0.140. The maximum atomic E-state index is 15.0. The molecule has 0 aliphatic heterocycles. The van der Waals surface area contributed by atoms with Gasteiger partial charge < -0.3 is 67.7 Å². The largest absolute Gasteiger partial charge is 0.502 e. The smallest absolute Gasteiger partial charge is 0.322 e. The molecule has 2 aromatic heterocycles. The van der Waals surface area contributed by atoms with E-state index in [1.54, 1.807) is 0 Å². The SMILES string of the molecule is COc1nc(C(SCC(NC(=O)CCC(N)C(=O)O)C(=O)NCC(=O)O)C2CCCC(C(SCC(NC(=O)CCC(N)C(=O)O)C(=O)NCC(=O)O)c3ncc(O)c(OC)n3)C2=O)cc(=O)[nH]1. The van der Waals surface area contributed by atoms with Crippen LogP contribution in [0.15, 0.2) is 17.1 Å². The molecule has 1 fully saturated rings. The topological polar surface area (TPSA) is 445 Å². The van der Waals surface area contributed by atoms with Gasteiger partial charge in [-0.25, -0.2) is 9.97 Å². The number of aromatic nitrogens is 4. The minimum atomic E-state index is -1.49. The fraction of sp³-hybridized carbons (Fsp3) is 0.553. The third-order valence-electron chi connectivity index (χ3n) is 9.93. The average molecular weight is 985 g/mol. The van der Waals surface area contributed by atoms with Crippen LogP contribution in [0.1, 0.15) is 67.0 Å². The second-order valence-electron chi connectivity index (χ2n) is 14.8. The number of nitrogens with zero attached hydrogens (tertiary/aromatic N) is 3. The van der Waals surface area contributed by atoms with Gasteiger partial charge >= 0.3 is 23.9 Å². The molecular weight excluding hydrogens is 933 g/mol. The third kappa shape index (κ3) is 17.3. The number of aromatic amines is 1. The number of carboxylic acids is 4. The van der Waals surface area contributed by atoms with Gasteiger partial charge in [0.2, 0.25) is 23.6 Å². The van der Waals surface area contributed by atoms with E-state index in [0.29, 0.717) is 6.42 Å². The Labute approximate surface area is 388 Å². The van der Waals surface area contributed by atoms with Crippen LogP contribution in [0, 0.1) is 11.8 Å². The highest BCUT2D eigenvalue weighted by atomic mass is 32.2. The number of hydrogen-bond acceptors (Lipinski definition) is 20. The third-order valence-corrected chi connectivity index (χ3v) is 12.8. The molecule has 0 saturated heterocycles. The second-order valence-corrected chi connectivity index (χ2v) is 17.1. The Morgan fingerprint density at radius 1 is 0.776 bits per heavy atom. The number of aliphatic carboxylic acids is 4. The van der Waals surface area contributed by atoms with Gasteiger partial charge in [0.25, 0.3) is 17.4 Å². The van der Waals surface area contributed by atoms with Gasteiger partial charge in [0, 0.05) is 42.2 Å². The highest BCUT2D eigenvalue weighted by Crippen LogP contribution is 2.48. The van der Waals surface area contributed by atoms with Crippen molar-refractivity contribution in [3.05, 3.63) is 34.1 Å². The maximum Gasteiger partial charge on any atom is 0.322 e. The number of thioether (sulfide) groups is 2. The van der Waals surface area contributed by atoms with Gasteiger partial charge in [-0.2, -0.15) is 4.98 Å². The number of nitrogens with one attached hydrogen (secondary N) is 5. The molecule has 8 atom stereocenters. The molecule has 368 valence electrons. The van der Waals surface area contributed by atoms with Crippen molar-refractivity contribution in [2.24, 2.45) is 23.3 Å². The molecule has 1 saturated carbocycles.